The minimum Gasteiger partial charge on any atom is -0.508 e. The Morgan fingerprint density at radius 2 is 1.18 bits per heavy atom. The highest BCUT2D eigenvalue weighted by Crippen LogP contribution is 2.42. The van der Waals surface area contributed by atoms with Crippen molar-refractivity contribution in [3.8, 4) is 28.7 Å². The van der Waals surface area contributed by atoms with Gasteiger partial charge in [-0.2, -0.15) is 0 Å². The molecule has 0 saturated carbocycles. The highest BCUT2D eigenvalue weighted by atomic mass is 16.3. The molecule has 5 aromatic rings. The Morgan fingerprint density at radius 3 is 1.76 bits per heavy atom. The van der Waals surface area contributed by atoms with Crippen LogP contribution in [0.15, 0.2) is 100 Å². The lowest BCUT2D eigenvalue weighted by Crippen LogP contribution is -2.27. The molecule has 0 saturated heterocycles. The van der Waals surface area contributed by atoms with Crippen molar-refractivity contribution < 1.29 is 34.7 Å². The summed E-state index contributed by atoms with van der Waals surface area (Å²) in [5.41, 5.74) is 0.617. The van der Waals surface area contributed by atoms with E-state index in [0.717, 1.165) is 12.3 Å². The zero-order valence-electron chi connectivity index (χ0n) is 19.8. The molecule has 1 aromatic heterocycles. The monoisotopic (exact) mass is 510 g/mol. The van der Waals surface area contributed by atoms with Gasteiger partial charge in [0, 0.05) is 23.6 Å². The molecule has 5 N–H and O–H groups in total. The summed E-state index contributed by atoms with van der Waals surface area (Å²) in [6.45, 7) is 0. The van der Waals surface area contributed by atoms with Gasteiger partial charge in [-0.15, -0.1) is 0 Å². The first-order chi connectivity index (χ1) is 18.2. The number of ketones is 1. The van der Waals surface area contributed by atoms with Gasteiger partial charge in [0.05, 0.1) is 23.1 Å². The molecular weight excluding hydrogens is 488 g/mol. The molecule has 190 valence electrons. The number of fused-ring (bicyclic) bond motifs is 1. The molecule has 0 aliphatic carbocycles. The normalized spacial score (nSPS) is 12.0. The predicted molar refractivity (Wildman–Crippen MR) is 139 cm³/mol. The second kappa shape index (κ2) is 9.67. The third kappa shape index (κ3) is 4.51. The smallest absolute Gasteiger partial charge is 0.196 e. The van der Waals surface area contributed by atoms with Crippen LogP contribution in [0, 0.1) is 0 Å². The SMILES string of the molecule is O=C(c1ccc(O)cc1O)C(c1coc2cc(O)ccc2c1=O)C(c1ccc(O)cc1)c1ccc(O)cc1. The van der Waals surface area contributed by atoms with E-state index in [0.29, 0.717) is 11.1 Å². The van der Waals surface area contributed by atoms with Crippen LogP contribution in [0.2, 0.25) is 0 Å². The molecule has 5 rings (SSSR count). The van der Waals surface area contributed by atoms with Crippen molar-refractivity contribution in [2.24, 2.45) is 0 Å². The summed E-state index contributed by atoms with van der Waals surface area (Å²) in [5.74, 6) is -3.49. The summed E-state index contributed by atoms with van der Waals surface area (Å²) in [4.78, 5) is 27.9. The topological polar surface area (TPSA) is 148 Å². The van der Waals surface area contributed by atoms with Gasteiger partial charge in [-0.25, -0.2) is 0 Å². The fraction of sp³-hybridized carbons (Fsp3) is 0.0667. The number of phenols is 5. The van der Waals surface area contributed by atoms with Gasteiger partial charge in [-0.1, -0.05) is 24.3 Å². The van der Waals surface area contributed by atoms with E-state index in [2.05, 4.69) is 0 Å². The van der Waals surface area contributed by atoms with Gasteiger partial charge in [-0.05, 0) is 59.7 Å². The molecule has 8 heteroatoms. The van der Waals surface area contributed by atoms with Crippen LogP contribution in [0.25, 0.3) is 11.0 Å². The van der Waals surface area contributed by atoms with Crippen molar-refractivity contribution in [2.45, 2.75) is 11.8 Å². The molecule has 1 atom stereocenters. The lowest BCUT2D eigenvalue weighted by molar-refractivity contribution is 0.0947. The molecule has 0 bridgehead atoms. The van der Waals surface area contributed by atoms with E-state index in [9.17, 15) is 35.1 Å². The van der Waals surface area contributed by atoms with Crippen molar-refractivity contribution >= 4 is 16.8 Å². The largest absolute Gasteiger partial charge is 0.508 e. The number of hydrogen-bond acceptors (Lipinski definition) is 8. The fourth-order valence-corrected chi connectivity index (χ4v) is 4.66. The molecular formula is C30H22O8. The number of benzene rings is 4. The van der Waals surface area contributed by atoms with Gasteiger partial charge in [-0.3, -0.25) is 9.59 Å². The van der Waals surface area contributed by atoms with E-state index in [-0.39, 0.29) is 45.1 Å². The van der Waals surface area contributed by atoms with E-state index in [1.54, 1.807) is 24.3 Å². The average Bonchev–Trinajstić information content (AvgIpc) is 2.89. The van der Waals surface area contributed by atoms with Crippen molar-refractivity contribution in [1.82, 2.24) is 0 Å². The molecule has 0 radical (unpaired) electrons. The summed E-state index contributed by atoms with van der Waals surface area (Å²) in [7, 11) is 0. The average molecular weight is 510 g/mol. The van der Waals surface area contributed by atoms with Crippen molar-refractivity contribution in [2.75, 3.05) is 0 Å². The van der Waals surface area contributed by atoms with Crippen LogP contribution < -0.4 is 5.43 Å². The molecule has 1 heterocycles. The Morgan fingerprint density at radius 1 is 0.658 bits per heavy atom. The number of aromatic hydroxyl groups is 5. The van der Waals surface area contributed by atoms with Crippen LogP contribution in [0.4, 0.5) is 0 Å². The van der Waals surface area contributed by atoms with Crippen LogP contribution in [0.5, 0.6) is 28.7 Å². The lowest BCUT2D eigenvalue weighted by Gasteiger charge is -2.27. The van der Waals surface area contributed by atoms with Gasteiger partial charge >= 0.3 is 0 Å². The maximum absolute atomic E-state index is 14.2. The zero-order valence-corrected chi connectivity index (χ0v) is 19.8. The van der Waals surface area contributed by atoms with E-state index < -0.39 is 28.8 Å². The predicted octanol–water partition coefficient (Wildman–Crippen LogP) is 5.12. The van der Waals surface area contributed by atoms with Crippen molar-refractivity contribution in [1.29, 1.82) is 0 Å². The number of phenolic OH excluding ortho intramolecular Hbond substituents is 5. The Balaban J connectivity index is 1.81. The summed E-state index contributed by atoms with van der Waals surface area (Å²) < 4.78 is 5.69. The molecule has 4 aromatic carbocycles. The minimum absolute atomic E-state index is 0.00212. The lowest BCUT2D eigenvalue weighted by atomic mass is 9.73. The van der Waals surface area contributed by atoms with Gasteiger partial charge < -0.3 is 29.9 Å². The van der Waals surface area contributed by atoms with E-state index in [4.69, 9.17) is 4.42 Å². The van der Waals surface area contributed by atoms with E-state index in [1.807, 2.05) is 0 Å². The van der Waals surface area contributed by atoms with Crippen LogP contribution in [0.1, 0.15) is 38.9 Å². The second-order valence-corrected chi connectivity index (χ2v) is 8.90. The zero-order chi connectivity index (χ0) is 27.0. The molecule has 0 fully saturated rings. The number of rotatable bonds is 6. The van der Waals surface area contributed by atoms with Crippen LogP contribution in [-0.4, -0.2) is 31.3 Å². The molecule has 0 amide bonds. The maximum Gasteiger partial charge on any atom is 0.196 e. The van der Waals surface area contributed by atoms with E-state index in [1.165, 1.54) is 54.6 Å². The molecule has 1 unspecified atom stereocenters. The maximum atomic E-state index is 14.2. The minimum atomic E-state index is -1.24. The third-order valence-corrected chi connectivity index (χ3v) is 6.49. The van der Waals surface area contributed by atoms with E-state index >= 15 is 0 Å². The van der Waals surface area contributed by atoms with Gasteiger partial charge in [0.25, 0.3) is 0 Å². The summed E-state index contributed by atoms with van der Waals surface area (Å²) >= 11 is 0. The molecule has 0 spiro atoms. The van der Waals surface area contributed by atoms with Crippen LogP contribution in [0.3, 0.4) is 0 Å². The van der Waals surface area contributed by atoms with Gasteiger partial charge in [0.1, 0.15) is 34.3 Å². The standard InChI is InChI=1S/C30H22O8/c31-18-5-1-16(2-6-18)27(17-3-7-19(32)8-4-17)28(30(37)22-11-9-20(33)13-25(22)35)24-15-38-26-14-21(34)10-12-23(26)29(24)36/h1-15,27-28,31-35H. The fourth-order valence-electron chi connectivity index (χ4n) is 4.66. The Labute approximate surface area is 215 Å². The highest BCUT2D eigenvalue weighted by molar-refractivity contribution is 6.04. The number of Topliss-reactive ketones (excluding diaryl/α,β-unsaturated/α-hetero) is 1. The van der Waals surface area contributed by atoms with Crippen LogP contribution >= 0.6 is 0 Å². The first-order valence-electron chi connectivity index (χ1n) is 11.6. The van der Waals surface area contributed by atoms with Crippen molar-refractivity contribution in [3.05, 3.63) is 124 Å². The molecule has 8 nitrogen and oxygen atoms in total. The number of carbonyl (C=O) groups excluding carboxylic acids is 1. The molecule has 0 aliphatic heterocycles. The number of carbonyl (C=O) groups is 1. The van der Waals surface area contributed by atoms with Gasteiger partial charge in [0.15, 0.2) is 11.2 Å². The Hall–Kier alpha value is -5.24. The highest BCUT2D eigenvalue weighted by Gasteiger charge is 2.37. The third-order valence-electron chi connectivity index (χ3n) is 6.49. The summed E-state index contributed by atoms with van der Waals surface area (Å²) in [6, 6.07) is 19.9. The second-order valence-electron chi connectivity index (χ2n) is 8.90. The van der Waals surface area contributed by atoms with Gasteiger partial charge in [0.2, 0.25) is 0 Å². The van der Waals surface area contributed by atoms with Crippen LogP contribution in [-0.2, 0) is 0 Å². The van der Waals surface area contributed by atoms with Crippen molar-refractivity contribution in [3.63, 3.8) is 0 Å². The quantitative estimate of drug-likeness (QED) is 0.198. The number of hydrogen-bond donors (Lipinski definition) is 5. The molecule has 0 aliphatic rings. The first kappa shape index (κ1) is 24.5. The Bertz CT molecular complexity index is 1660. The summed E-state index contributed by atoms with van der Waals surface area (Å²) in [6.07, 6.45) is 1.16. The Kier molecular flexibility index (Phi) is 6.22. The molecule has 38 heavy (non-hydrogen) atoms. The summed E-state index contributed by atoms with van der Waals surface area (Å²) in [5, 5.41) is 50.1. The first-order valence-corrected chi connectivity index (χ1v) is 11.6.